The van der Waals surface area contributed by atoms with Crippen molar-refractivity contribution in [2.24, 2.45) is 57.2 Å². The van der Waals surface area contributed by atoms with Crippen LogP contribution in [0.4, 0.5) is 0 Å². The van der Waals surface area contributed by atoms with Crippen LogP contribution in [-0.2, 0) is 27.1 Å². The first kappa shape index (κ1) is 107. The Labute approximate surface area is 760 Å². The lowest BCUT2D eigenvalue weighted by Crippen LogP contribution is -2.49. The molecular weight excluding hydrogens is 1600 g/mol. The standard InChI is InChI=1S/C40H72O2Si2.C33H51O3PSi2.C18H32O2.C18H30O2/c1-29(19-17-25-37(3,4)5)33-23-24-34-32(20-18-26-40(33,34)12)22-21-31-27-35(41-43(13,14)38(6,7)8)30(2)36(28-31)42-44(15,16)39(9,10)11;1-26-30(35-38(8,9)32(2,3)4)24-27(25-31(26)36-39(10,11)33(5,6)7)22-23-37(34,28-18-14-12-15-19-28)29-20-16-13-17-21-29;2*1-13(7-5-11-17(2,3)20)14-9-10-15-16(19)8-6-12-18(14,15)4/h19,21-22,33-36H,2,17-18,20,23-28H2,1,3-16H3;12-22,30-31H,1,23-25H2,2-11H3;7,14-16,19-20H,5-6,8-12H2,1-4H3;7,14-15,20H,5-6,8-12H2,1-4H3/b29-19+,32-22+;;2*13-7+/t33-,34+,35-,36-,40-;30-,31-;14-,15+,16+,18-;14-,15+,18-/m1111/s1. The van der Waals surface area contributed by atoms with E-state index in [2.05, 4.69) is 247 Å². The van der Waals surface area contributed by atoms with E-state index in [1.54, 1.807) is 11.1 Å². The van der Waals surface area contributed by atoms with E-state index >= 15 is 0 Å². The number of fused-ring (bicyclic) bond motifs is 3. The van der Waals surface area contributed by atoms with Crippen LogP contribution in [0.2, 0.25) is 72.5 Å². The molecule has 8 aliphatic rings. The molecule has 0 bridgehead atoms. The van der Waals surface area contributed by atoms with Crippen molar-refractivity contribution in [2.75, 3.05) is 6.16 Å². The summed E-state index contributed by atoms with van der Waals surface area (Å²) >= 11 is 0. The Balaban J connectivity index is 0.000000238. The monoisotopic (exact) mass is 1780 g/mol. The van der Waals surface area contributed by atoms with E-state index in [1.807, 2.05) is 88.4 Å². The first-order valence-corrected chi connectivity index (χ1v) is 62.3. The Bertz CT molecular complexity index is 3940. The zero-order chi connectivity index (χ0) is 92.7. The zero-order valence-electron chi connectivity index (χ0n) is 85.1. The third-order valence-electron chi connectivity index (χ3n) is 33.3. The normalized spacial score (nSPS) is 29.3. The van der Waals surface area contributed by atoms with Crippen LogP contribution in [0.25, 0.3) is 0 Å². The highest BCUT2D eigenvalue weighted by atomic mass is 31.2. The highest BCUT2D eigenvalue weighted by Crippen LogP contribution is 2.62. The van der Waals surface area contributed by atoms with Gasteiger partial charge in [-0.1, -0.05) is 275 Å². The summed E-state index contributed by atoms with van der Waals surface area (Å²) in [6.45, 7) is 84.5. The Morgan fingerprint density at radius 2 is 0.797 bits per heavy atom. The largest absolute Gasteiger partial charge is 0.410 e. The second-order valence-corrected chi connectivity index (χ2v) is 71.3. The number of allylic oxidation sites excluding steroid dienone is 10. The molecule has 0 radical (unpaired) electrons. The van der Waals surface area contributed by atoms with E-state index in [0.717, 1.165) is 106 Å². The molecule has 123 heavy (non-hydrogen) atoms. The van der Waals surface area contributed by atoms with Crippen LogP contribution in [0.5, 0.6) is 0 Å². The van der Waals surface area contributed by atoms with Crippen LogP contribution in [0.1, 0.15) is 334 Å². The molecule has 0 aliphatic heterocycles. The molecule has 0 heterocycles. The van der Waals surface area contributed by atoms with Gasteiger partial charge in [-0.25, -0.2) is 0 Å². The molecule has 8 saturated carbocycles. The molecule has 0 saturated heterocycles. The molecular formula is C109H185O9PSi4. The summed E-state index contributed by atoms with van der Waals surface area (Å²) in [6, 6.07) is 19.9. The van der Waals surface area contributed by atoms with Gasteiger partial charge in [-0.3, -0.25) is 4.79 Å². The predicted octanol–water partition coefficient (Wildman–Crippen LogP) is 30.3. The van der Waals surface area contributed by atoms with Gasteiger partial charge >= 0.3 is 0 Å². The third-order valence-corrected chi connectivity index (χ3v) is 54.2. The molecule has 0 amide bonds. The Morgan fingerprint density at radius 3 is 1.18 bits per heavy atom. The Kier molecular flexibility index (Phi) is 36.3. The molecule has 696 valence electrons. The van der Waals surface area contributed by atoms with Crippen LogP contribution in [-0.4, -0.2) is 102 Å². The van der Waals surface area contributed by atoms with Crippen molar-refractivity contribution in [3.63, 3.8) is 0 Å². The number of benzene rings is 2. The fourth-order valence-electron chi connectivity index (χ4n) is 21.2. The second kappa shape index (κ2) is 41.7. The number of aliphatic hydroxyl groups is 3. The second-order valence-electron chi connectivity index (χ2n) is 49.4. The molecule has 2 aromatic carbocycles. The lowest BCUT2D eigenvalue weighted by Gasteiger charge is -2.46. The van der Waals surface area contributed by atoms with Crippen molar-refractivity contribution in [1.82, 2.24) is 0 Å². The van der Waals surface area contributed by atoms with E-state index in [9.17, 15) is 24.7 Å². The number of aliphatic hydroxyl groups excluding tert-OH is 1. The molecule has 8 fully saturated rings. The van der Waals surface area contributed by atoms with Gasteiger partial charge in [-0.2, -0.15) is 0 Å². The fraction of sp³-hybridized carbons (Fsp3) is 0.734. The van der Waals surface area contributed by atoms with Crippen molar-refractivity contribution in [2.45, 2.75) is 448 Å². The van der Waals surface area contributed by atoms with Crippen molar-refractivity contribution >= 4 is 56.8 Å². The number of carbonyl (C=O) groups is 1. The van der Waals surface area contributed by atoms with Gasteiger partial charge in [0, 0.05) is 29.1 Å². The predicted molar refractivity (Wildman–Crippen MR) is 540 cm³/mol. The van der Waals surface area contributed by atoms with Crippen molar-refractivity contribution in [3.05, 3.63) is 155 Å². The summed E-state index contributed by atoms with van der Waals surface area (Å²) in [5, 5.41) is 32.2. The maximum Gasteiger partial charge on any atom is 0.192 e. The molecule has 2 aromatic rings. The zero-order valence-corrected chi connectivity index (χ0v) is 90.0. The van der Waals surface area contributed by atoms with Gasteiger partial charge in [0.25, 0.3) is 0 Å². The summed E-state index contributed by atoms with van der Waals surface area (Å²) in [5.41, 5.74) is 11.4. The molecule has 0 unspecified atom stereocenters. The third kappa shape index (κ3) is 28.0. The van der Waals surface area contributed by atoms with Crippen molar-refractivity contribution in [1.29, 1.82) is 0 Å². The minimum absolute atomic E-state index is 0.0393. The SMILES string of the molecule is C/C(=C\CCC(C)(C)O)[C@H]1CC[C@H]2C(=O)CCC[C@]12C.C/C(=C\CCC(C)(C)O)[C@H]1CC[C@H]2[C@@H](O)CCC[C@]12C.C=C1[C@H](O[Si](C)(C)C(C)(C)C)CC(=C/C=C2\CCC[C@]3(C)[C@@H](/C(C)=C/CCC(C)(C)C)CC[C@@H]23)C[C@H]1O[Si](C)(C)C(C)(C)C.C=C1[C@H](O[Si](C)(C)C(C)(C)C)CC(=CCP(=O)(c2ccccc2)c2ccccc2)C[C@H]1O[Si](C)(C)C(C)(C)C. The van der Waals surface area contributed by atoms with Crippen molar-refractivity contribution in [3.8, 4) is 0 Å². The van der Waals surface area contributed by atoms with Gasteiger partial charge in [0.1, 0.15) is 12.9 Å². The summed E-state index contributed by atoms with van der Waals surface area (Å²) in [7, 11) is -10.9. The number of carbonyl (C=O) groups excluding carboxylic acids is 1. The minimum atomic E-state index is -2.84. The number of ketones is 1. The van der Waals surface area contributed by atoms with E-state index in [4.69, 9.17) is 17.7 Å². The summed E-state index contributed by atoms with van der Waals surface area (Å²) in [5.74, 6) is 3.94. The maximum absolute atomic E-state index is 14.7. The maximum atomic E-state index is 14.7. The van der Waals surface area contributed by atoms with Crippen LogP contribution >= 0.6 is 7.14 Å². The van der Waals surface area contributed by atoms with Gasteiger partial charge < -0.3 is 37.6 Å². The number of rotatable bonds is 24. The lowest BCUT2D eigenvalue weighted by atomic mass is 9.62. The smallest absolute Gasteiger partial charge is 0.192 e. The molecule has 3 N–H and O–H groups in total. The Morgan fingerprint density at radius 1 is 0.455 bits per heavy atom. The van der Waals surface area contributed by atoms with E-state index in [-0.39, 0.29) is 56.1 Å². The fourth-order valence-corrected chi connectivity index (χ4v) is 28.9. The minimum Gasteiger partial charge on any atom is -0.410 e. The van der Waals surface area contributed by atoms with E-state index < -0.39 is 51.6 Å². The van der Waals surface area contributed by atoms with Crippen LogP contribution < -0.4 is 10.6 Å². The molecule has 14 atom stereocenters. The number of hydrogen-bond acceptors (Lipinski definition) is 9. The van der Waals surface area contributed by atoms with Gasteiger partial charge in [0.2, 0.25) is 0 Å². The number of Topliss-reactive ketones (excluding diaryl/α,β-unsaturated/α-hetero) is 1. The van der Waals surface area contributed by atoms with E-state index in [0.29, 0.717) is 57.8 Å². The molecule has 9 nitrogen and oxygen atoms in total. The summed E-state index contributed by atoms with van der Waals surface area (Å²) < 4.78 is 42.8. The van der Waals surface area contributed by atoms with Gasteiger partial charge in [-0.15, -0.1) is 0 Å². The van der Waals surface area contributed by atoms with Gasteiger partial charge in [0.05, 0.1) is 41.7 Å². The van der Waals surface area contributed by atoms with Crippen LogP contribution in [0, 0.1) is 57.2 Å². The topological polar surface area (TPSA) is 132 Å². The van der Waals surface area contributed by atoms with Crippen LogP contribution in [0.3, 0.4) is 0 Å². The van der Waals surface area contributed by atoms with Gasteiger partial charge in [-0.05, 0) is 331 Å². The molecule has 0 aromatic heterocycles. The number of hydrogen-bond donors (Lipinski definition) is 3. The molecule has 14 heteroatoms. The highest BCUT2D eigenvalue weighted by molar-refractivity contribution is 7.78. The lowest BCUT2D eigenvalue weighted by molar-refractivity contribution is -0.129. The molecule has 0 spiro atoms. The summed E-state index contributed by atoms with van der Waals surface area (Å²) in [4.78, 5) is 12.1. The molecule has 8 aliphatic carbocycles. The van der Waals surface area contributed by atoms with Crippen LogP contribution in [0.15, 0.2) is 155 Å². The molecule has 10 rings (SSSR count). The average molecular weight is 1780 g/mol. The van der Waals surface area contributed by atoms with Gasteiger partial charge in [0.15, 0.2) is 33.3 Å². The van der Waals surface area contributed by atoms with Crippen molar-refractivity contribution < 1.29 is 42.4 Å². The first-order valence-electron chi connectivity index (χ1n) is 48.7. The average Bonchev–Trinajstić information content (AvgIpc) is 1.63. The highest BCUT2D eigenvalue weighted by Gasteiger charge is 2.55. The quantitative estimate of drug-likeness (QED) is 0.0534. The van der Waals surface area contributed by atoms with E-state index in [1.165, 1.54) is 105 Å². The Hall–Kier alpha value is -3.15. The first-order chi connectivity index (χ1) is 56.2. The summed E-state index contributed by atoms with van der Waals surface area (Å²) in [6.07, 6.45) is 42.0.